The first-order valence-corrected chi connectivity index (χ1v) is 4.48. The average Bonchev–Trinajstić information content (AvgIpc) is 2.00. The second-order valence-electron chi connectivity index (χ2n) is 4.25. The van der Waals surface area contributed by atoms with Crippen LogP contribution in [0.1, 0.15) is 25.0 Å². The van der Waals surface area contributed by atoms with Crippen LogP contribution < -0.4 is 0 Å². The second kappa shape index (κ2) is 2.34. The summed E-state index contributed by atoms with van der Waals surface area (Å²) in [6.07, 6.45) is 0.548. The molecule has 2 nitrogen and oxygen atoms in total. The SMILES string of the molecule is CC(C)(O)C1(O)Cc2ccccc21. The fourth-order valence-corrected chi connectivity index (χ4v) is 1.89. The lowest BCUT2D eigenvalue weighted by Crippen LogP contribution is -2.54. The summed E-state index contributed by atoms with van der Waals surface area (Å²) in [5.41, 5.74) is -0.125. The minimum Gasteiger partial charge on any atom is -0.387 e. The lowest BCUT2D eigenvalue weighted by molar-refractivity contribution is -0.151. The molecule has 0 heterocycles. The number of hydrogen-bond donors (Lipinski definition) is 2. The summed E-state index contributed by atoms with van der Waals surface area (Å²) >= 11 is 0. The molecule has 1 atom stereocenters. The molecule has 2 N–H and O–H groups in total. The van der Waals surface area contributed by atoms with Crippen LogP contribution in [-0.2, 0) is 12.0 Å². The van der Waals surface area contributed by atoms with Crippen molar-refractivity contribution in [1.29, 1.82) is 0 Å². The van der Waals surface area contributed by atoms with Crippen LogP contribution in [0.15, 0.2) is 24.3 Å². The average molecular weight is 178 g/mol. The van der Waals surface area contributed by atoms with Crippen molar-refractivity contribution in [3.05, 3.63) is 35.4 Å². The van der Waals surface area contributed by atoms with Crippen LogP contribution in [0.5, 0.6) is 0 Å². The highest BCUT2D eigenvalue weighted by atomic mass is 16.4. The van der Waals surface area contributed by atoms with Gasteiger partial charge in [-0.2, -0.15) is 0 Å². The minimum atomic E-state index is -1.07. The first-order valence-electron chi connectivity index (χ1n) is 4.48. The molecule has 1 aliphatic rings. The molecule has 2 heteroatoms. The smallest absolute Gasteiger partial charge is 0.122 e. The molecule has 1 unspecified atom stereocenters. The van der Waals surface area contributed by atoms with E-state index in [2.05, 4.69) is 0 Å². The van der Waals surface area contributed by atoms with E-state index in [4.69, 9.17) is 0 Å². The lowest BCUT2D eigenvalue weighted by Gasteiger charge is -2.47. The van der Waals surface area contributed by atoms with Gasteiger partial charge in [-0.1, -0.05) is 24.3 Å². The van der Waals surface area contributed by atoms with Crippen LogP contribution in [-0.4, -0.2) is 15.8 Å². The lowest BCUT2D eigenvalue weighted by atomic mass is 9.65. The summed E-state index contributed by atoms with van der Waals surface area (Å²) in [7, 11) is 0. The summed E-state index contributed by atoms with van der Waals surface area (Å²) in [6.45, 7) is 3.28. The monoisotopic (exact) mass is 178 g/mol. The Kier molecular flexibility index (Phi) is 1.57. The predicted octanol–water partition coefficient (Wildman–Crippen LogP) is 1.20. The van der Waals surface area contributed by atoms with Crippen molar-refractivity contribution in [2.24, 2.45) is 0 Å². The number of rotatable bonds is 1. The molecule has 0 saturated heterocycles. The zero-order valence-electron chi connectivity index (χ0n) is 7.91. The van der Waals surface area contributed by atoms with E-state index < -0.39 is 11.2 Å². The van der Waals surface area contributed by atoms with Gasteiger partial charge in [0.1, 0.15) is 5.60 Å². The van der Waals surface area contributed by atoms with Gasteiger partial charge in [0.05, 0.1) is 5.60 Å². The topological polar surface area (TPSA) is 40.5 Å². The van der Waals surface area contributed by atoms with Crippen LogP contribution in [0, 0.1) is 0 Å². The highest BCUT2D eigenvalue weighted by Gasteiger charge is 2.51. The summed E-state index contributed by atoms with van der Waals surface area (Å²) < 4.78 is 0. The molecule has 0 aliphatic heterocycles. The van der Waals surface area contributed by atoms with E-state index in [9.17, 15) is 10.2 Å². The van der Waals surface area contributed by atoms with E-state index in [0.717, 1.165) is 11.1 Å². The maximum atomic E-state index is 10.1. The zero-order chi connectivity index (χ0) is 9.69. The fraction of sp³-hybridized carbons (Fsp3) is 0.455. The van der Waals surface area contributed by atoms with Gasteiger partial charge in [0.15, 0.2) is 0 Å². The van der Waals surface area contributed by atoms with Gasteiger partial charge >= 0.3 is 0 Å². The third-order valence-electron chi connectivity index (χ3n) is 2.92. The predicted molar refractivity (Wildman–Crippen MR) is 50.3 cm³/mol. The van der Waals surface area contributed by atoms with Crippen molar-refractivity contribution >= 4 is 0 Å². The van der Waals surface area contributed by atoms with Gasteiger partial charge in [-0.3, -0.25) is 0 Å². The molecule has 1 aromatic rings. The van der Waals surface area contributed by atoms with Gasteiger partial charge in [0.2, 0.25) is 0 Å². The van der Waals surface area contributed by atoms with E-state index >= 15 is 0 Å². The quantitative estimate of drug-likeness (QED) is 0.678. The molecule has 2 rings (SSSR count). The largest absolute Gasteiger partial charge is 0.387 e. The molecule has 0 spiro atoms. The van der Waals surface area contributed by atoms with Crippen LogP contribution >= 0.6 is 0 Å². The third-order valence-corrected chi connectivity index (χ3v) is 2.92. The highest BCUT2D eigenvalue weighted by Crippen LogP contribution is 2.45. The fourth-order valence-electron chi connectivity index (χ4n) is 1.89. The van der Waals surface area contributed by atoms with Crippen LogP contribution in [0.3, 0.4) is 0 Å². The third kappa shape index (κ3) is 1.02. The van der Waals surface area contributed by atoms with E-state index in [1.165, 1.54) is 0 Å². The summed E-state index contributed by atoms with van der Waals surface area (Å²) in [6, 6.07) is 7.68. The van der Waals surface area contributed by atoms with E-state index in [-0.39, 0.29) is 0 Å². The van der Waals surface area contributed by atoms with Crippen molar-refractivity contribution < 1.29 is 10.2 Å². The first-order chi connectivity index (χ1) is 5.95. The molecule has 0 saturated carbocycles. The molecule has 1 aromatic carbocycles. The standard InChI is InChI=1S/C11H14O2/c1-10(2,12)11(13)7-8-5-3-4-6-9(8)11/h3-6,12-13H,7H2,1-2H3. The van der Waals surface area contributed by atoms with E-state index in [1.807, 2.05) is 24.3 Å². The van der Waals surface area contributed by atoms with Gasteiger partial charge in [-0.05, 0) is 25.0 Å². The maximum absolute atomic E-state index is 10.1. The normalized spacial score (nSPS) is 26.5. The Hall–Kier alpha value is -0.860. The van der Waals surface area contributed by atoms with Gasteiger partial charge in [0, 0.05) is 6.42 Å². The Balaban J connectivity index is 2.45. The number of fused-ring (bicyclic) bond motifs is 1. The van der Waals surface area contributed by atoms with Crippen LogP contribution in [0.25, 0.3) is 0 Å². The van der Waals surface area contributed by atoms with Crippen molar-refractivity contribution in [2.45, 2.75) is 31.5 Å². The molecule has 1 aliphatic carbocycles. The van der Waals surface area contributed by atoms with Gasteiger partial charge in [-0.15, -0.1) is 0 Å². The number of aliphatic hydroxyl groups is 2. The Labute approximate surface area is 77.8 Å². The van der Waals surface area contributed by atoms with E-state index in [1.54, 1.807) is 13.8 Å². The minimum absolute atomic E-state index is 0.548. The molecule has 70 valence electrons. The van der Waals surface area contributed by atoms with Crippen molar-refractivity contribution in [2.75, 3.05) is 0 Å². The molecule has 0 fully saturated rings. The van der Waals surface area contributed by atoms with Crippen molar-refractivity contribution in [3.63, 3.8) is 0 Å². The molecule has 0 bridgehead atoms. The number of benzene rings is 1. The second-order valence-corrected chi connectivity index (χ2v) is 4.25. The molecule has 0 aromatic heterocycles. The Morgan fingerprint density at radius 1 is 1.31 bits per heavy atom. The summed E-state index contributed by atoms with van der Waals surface area (Å²) in [5, 5.41) is 19.9. The van der Waals surface area contributed by atoms with Gasteiger partial charge in [-0.25, -0.2) is 0 Å². The molecule has 13 heavy (non-hydrogen) atoms. The molecular weight excluding hydrogens is 164 g/mol. The number of hydrogen-bond acceptors (Lipinski definition) is 2. The molecular formula is C11H14O2. The van der Waals surface area contributed by atoms with Gasteiger partial charge < -0.3 is 10.2 Å². The van der Waals surface area contributed by atoms with Crippen LogP contribution in [0.4, 0.5) is 0 Å². The Bertz CT molecular complexity index is 338. The Morgan fingerprint density at radius 2 is 1.92 bits per heavy atom. The summed E-state index contributed by atoms with van der Waals surface area (Å²) in [4.78, 5) is 0. The maximum Gasteiger partial charge on any atom is 0.122 e. The van der Waals surface area contributed by atoms with Gasteiger partial charge in [0.25, 0.3) is 0 Å². The first kappa shape index (κ1) is 8.73. The van der Waals surface area contributed by atoms with E-state index in [0.29, 0.717) is 6.42 Å². The van der Waals surface area contributed by atoms with Crippen molar-refractivity contribution in [1.82, 2.24) is 0 Å². The molecule has 0 amide bonds. The van der Waals surface area contributed by atoms with Crippen LogP contribution in [0.2, 0.25) is 0 Å². The highest BCUT2D eigenvalue weighted by molar-refractivity contribution is 5.44. The summed E-state index contributed by atoms with van der Waals surface area (Å²) in [5.74, 6) is 0. The Morgan fingerprint density at radius 3 is 2.46 bits per heavy atom. The van der Waals surface area contributed by atoms with Crippen molar-refractivity contribution in [3.8, 4) is 0 Å². The zero-order valence-corrected chi connectivity index (χ0v) is 7.91. The molecule has 0 radical (unpaired) electrons.